The lowest BCUT2D eigenvalue weighted by Crippen LogP contribution is -2.52. The SMILES string of the molecule is Cc1ccc(N2C(=O)NC3(CSC4=C3C(=O)c3ncccc3C4=O)C2=O)cc1. The van der Waals surface area contributed by atoms with Crippen molar-refractivity contribution in [2.45, 2.75) is 12.5 Å². The fourth-order valence-corrected chi connectivity index (χ4v) is 5.13. The van der Waals surface area contributed by atoms with Crippen molar-refractivity contribution in [3.05, 3.63) is 69.9 Å². The van der Waals surface area contributed by atoms with Crippen LogP contribution in [0.2, 0.25) is 0 Å². The third kappa shape index (κ3) is 2.03. The number of thioether (sulfide) groups is 1. The molecule has 5 rings (SSSR count). The molecule has 1 saturated heterocycles. The van der Waals surface area contributed by atoms with E-state index in [-0.39, 0.29) is 33.3 Å². The number of allylic oxidation sites excluding steroid dienone is 1. The Labute approximate surface area is 163 Å². The molecule has 1 unspecified atom stereocenters. The number of pyridine rings is 1. The van der Waals surface area contributed by atoms with Crippen LogP contribution in [0.25, 0.3) is 0 Å². The van der Waals surface area contributed by atoms with Gasteiger partial charge in [0.05, 0.1) is 21.7 Å². The van der Waals surface area contributed by atoms with E-state index in [1.807, 2.05) is 6.92 Å². The van der Waals surface area contributed by atoms with Crippen LogP contribution in [0.4, 0.5) is 10.5 Å². The summed E-state index contributed by atoms with van der Waals surface area (Å²) in [5, 5.41) is 2.68. The Morgan fingerprint density at radius 1 is 1.07 bits per heavy atom. The van der Waals surface area contributed by atoms with Crippen molar-refractivity contribution in [1.29, 1.82) is 0 Å². The average molecular weight is 391 g/mol. The number of aromatic nitrogens is 1. The lowest BCUT2D eigenvalue weighted by molar-refractivity contribution is -0.120. The summed E-state index contributed by atoms with van der Waals surface area (Å²) < 4.78 is 0. The number of aryl methyl sites for hydroxylation is 1. The summed E-state index contributed by atoms with van der Waals surface area (Å²) in [5.74, 6) is -1.29. The number of anilines is 1. The zero-order valence-electron chi connectivity index (χ0n) is 14.7. The van der Waals surface area contributed by atoms with E-state index in [1.54, 1.807) is 36.4 Å². The molecular formula is C20H13N3O4S. The van der Waals surface area contributed by atoms with E-state index >= 15 is 0 Å². The maximum atomic E-state index is 13.4. The fraction of sp³-hybridized carbons (Fsp3) is 0.150. The van der Waals surface area contributed by atoms with Crippen LogP contribution in [0.15, 0.2) is 53.1 Å². The highest BCUT2D eigenvalue weighted by molar-refractivity contribution is 8.04. The van der Waals surface area contributed by atoms with Crippen LogP contribution in [0, 0.1) is 6.92 Å². The molecule has 28 heavy (non-hydrogen) atoms. The Kier molecular flexibility index (Phi) is 3.39. The van der Waals surface area contributed by atoms with E-state index in [1.165, 1.54) is 6.20 Å². The van der Waals surface area contributed by atoms with Gasteiger partial charge in [-0.25, -0.2) is 9.69 Å². The number of Topliss-reactive ketones (excluding diaryl/α,β-unsaturated/α-hetero) is 2. The number of hydrogen-bond donors (Lipinski definition) is 1. The number of carbonyl (C=O) groups excluding carboxylic acids is 4. The van der Waals surface area contributed by atoms with Crippen molar-refractivity contribution in [1.82, 2.24) is 10.3 Å². The summed E-state index contributed by atoms with van der Waals surface area (Å²) in [6.45, 7) is 1.90. The van der Waals surface area contributed by atoms with Crippen LogP contribution in [0.1, 0.15) is 26.4 Å². The largest absolute Gasteiger partial charge is 0.329 e. The molecule has 3 heterocycles. The maximum Gasteiger partial charge on any atom is 0.329 e. The number of rotatable bonds is 1. The van der Waals surface area contributed by atoms with Gasteiger partial charge in [0.2, 0.25) is 11.6 Å². The van der Waals surface area contributed by atoms with Gasteiger partial charge in [0.1, 0.15) is 5.69 Å². The Morgan fingerprint density at radius 2 is 1.82 bits per heavy atom. The first-order valence-corrected chi connectivity index (χ1v) is 9.58. The summed E-state index contributed by atoms with van der Waals surface area (Å²) >= 11 is 1.12. The van der Waals surface area contributed by atoms with Crippen molar-refractivity contribution >= 4 is 41.0 Å². The summed E-state index contributed by atoms with van der Waals surface area (Å²) in [6.07, 6.45) is 1.43. The van der Waals surface area contributed by atoms with E-state index in [0.717, 1.165) is 22.2 Å². The zero-order chi connectivity index (χ0) is 19.6. The Balaban J connectivity index is 1.63. The highest BCUT2D eigenvalue weighted by Gasteiger charge is 2.61. The number of nitrogens with one attached hydrogen (secondary N) is 1. The van der Waals surface area contributed by atoms with Gasteiger partial charge in [-0.1, -0.05) is 17.7 Å². The van der Waals surface area contributed by atoms with E-state index < -0.39 is 23.3 Å². The number of carbonyl (C=O) groups is 4. The molecule has 0 saturated carbocycles. The van der Waals surface area contributed by atoms with Gasteiger partial charge in [-0.05, 0) is 31.2 Å². The van der Waals surface area contributed by atoms with Crippen molar-refractivity contribution in [3.63, 3.8) is 0 Å². The van der Waals surface area contributed by atoms with Crippen molar-refractivity contribution in [3.8, 4) is 0 Å². The molecule has 1 aromatic heterocycles. The van der Waals surface area contributed by atoms with Crippen LogP contribution in [-0.2, 0) is 4.79 Å². The second-order valence-electron chi connectivity index (χ2n) is 6.86. The molecule has 1 aromatic carbocycles. The highest BCUT2D eigenvalue weighted by Crippen LogP contribution is 2.47. The number of ketones is 2. The van der Waals surface area contributed by atoms with Crippen molar-refractivity contribution < 1.29 is 19.2 Å². The van der Waals surface area contributed by atoms with E-state index in [2.05, 4.69) is 10.3 Å². The topological polar surface area (TPSA) is 96.4 Å². The molecule has 2 aromatic rings. The van der Waals surface area contributed by atoms with Gasteiger partial charge in [-0.15, -0.1) is 11.8 Å². The number of nitrogens with zero attached hydrogens (tertiary/aromatic N) is 2. The summed E-state index contributed by atoms with van der Waals surface area (Å²) in [4.78, 5) is 57.3. The molecule has 0 bridgehead atoms. The van der Waals surface area contributed by atoms with Gasteiger partial charge in [0.15, 0.2) is 5.54 Å². The Morgan fingerprint density at radius 3 is 2.57 bits per heavy atom. The number of imide groups is 1. The molecule has 7 nitrogen and oxygen atoms in total. The number of fused-ring (bicyclic) bond motifs is 2. The van der Waals surface area contributed by atoms with Crippen LogP contribution >= 0.6 is 11.8 Å². The minimum atomic E-state index is -1.55. The van der Waals surface area contributed by atoms with Crippen molar-refractivity contribution in [2.75, 3.05) is 10.7 Å². The van der Waals surface area contributed by atoms with Gasteiger partial charge >= 0.3 is 6.03 Å². The third-order valence-corrected chi connectivity index (χ3v) is 6.43. The minimum absolute atomic E-state index is 0.0176. The number of benzene rings is 1. The van der Waals surface area contributed by atoms with Gasteiger partial charge in [0, 0.05) is 11.9 Å². The molecule has 3 amide bonds. The summed E-state index contributed by atoms with van der Waals surface area (Å²) in [6, 6.07) is 9.46. The highest BCUT2D eigenvalue weighted by atomic mass is 32.2. The molecule has 1 spiro atoms. The van der Waals surface area contributed by atoms with Gasteiger partial charge in [0.25, 0.3) is 5.91 Å². The fourth-order valence-electron chi connectivity index (χ4n) is 3.78. The summed E-state index contributed by atoms with van der Waals surface area (Å²) in [7, 11) is 0. The zero-order valence-corrected chi connectivity index (χ0v) is 15.5. The maximum absolute atomic E-state index is 13.4. The monoisotopic (exact) mass is 391 g/mol. The predicted molar refractivity (Wildman–Crippen MR) is 102 cm³/mol. The standard InChI is InChI=1S/C20H13N3O4S/c1-10-4-6-11(7-5-10)23-18(26)20(22-19(23)27)9-28-17-13(20)16(25)14-12(15(17)24)3-2-8-21-14/h2-8H,9H2,1H3,(H,22,27). The second-order valence-corrected chi connectivity index (χ2v) is 7.85. The normalized spacial score (nSPS) is 23.4. The number of amides is 3. The van der Waals surface area contributed by atoms with E-state index in [0.29, 0.717) is 5.69 Å². The van der Waals surface area contributed by atoms with Crippen LogP contribution in [-0.4, -0.2) is 39.8 Å². The van der Waals surface area contributed by atoms with E-state index in [9.17, 15) is 19.2 Å². The minimum Gasteiger partial charge on any atom is -0.318 e. The van der Waals surface area contributed by atoms with Gasteiger partial charge < -0.3 is 5.32 Å². The Hall–Kier alpha value is -3.26. The van der Waals surface area contributed by atoms with Crippen LogP contribution in [0.5, 0.6) is 0 Å². The second kappa shape index (κ2) is 5.62. The Bertz CT molecular complexity index is 1140. The predicted octanol–water partition coefficient (Wildman–Crippen LogP) is 2.27. The van der Waals surface area contributed by atoms with Gasteiger partial charge in [-0.3, -0.25) is 19.4 Å². The lowest BCUT2D eigenvalue weighted by atomic mass is 9.81. The first-order chi connectivity index (χ1) is 13.4. The first-order valence-electron chi connectivity index (χ1n) is 8.59. The van der Waals surface area contributed by atoms with Crippen LogP contribution < -0.4 is 10.2 Å². The molecule has 3 aliphatic rings. The van der Waals surface area contributed by atoms with Crippen molar-refractivity contribution in [2.24, 2.45) is 0 Å². The number of urea groups is 1. The molecule has 1 aliphatic carbocycles. The molecule has 1 fully saturated rings. The smallest absolute Gasteiger partial charge is 0.318 e. The lowest BCUT2D eigenvalue weighted by Gasteiger charge is -2.25. The molecule has 138 valence electrons. The molecule has 8 heteroatoms. The van der Waals surface area contributed by atoms with Crippen LogP contribution in [0.3, 0.4) is 0 Å². The molecule has 2 aliphatic heterocycles. The number of hydrogen-bond acceptors (Lipinski definition) is 6. The molecule has 0 radical (unpaired) electrons. The first kappa shape index (κ1) is 16.9. The third-order valence-electron chi connectivity index (χ3n) is 5.17. The summed E-state index contributed by atoms with van der Waals surface area (Å²) in [5.41, 5.74) is 0.123. The van der Waals surface area contributed by atoms with Gasteiger partial charge in [-0.2, -0.15) is 0 Å². The molecular weight excluding hydrogens is 378 g/mol. The molecule has 1 N–H and O–H groups in total. The molecule has 1 atom stereocenters. The quantitative estimate of drug-likeness (QED) is 0.749. The van der Waals surface area contributed by atoms with E-state index in [4.69, 9.17) is 0 Å². The average Bonchev–Trinajstić information content (AvgIpc) is 3.19.